The van der Waals surface area contributed by atoms with Gasteiger partial charge in [-0.3, -0.25) is 0 Å². The van der Waals surface area contributed by atoms with Crippen molar-refractivity contribution in [2.45, 2.75) is 39.2 Å². The second-order valence-corrected chi connectivity index (χ2v) is 8.02. The number of carbonyl (C=O) groups is 2. The molecule has 0 radical (unpaired) electrons. The number of likely N-dealkylation sites (tertiary alicyclic amines) is 1. The Bertz CT molecular complexity index is 1130. The highest BCUT2D eigenvalue weighted by molar-refractivity contribution is 5.89. The number of nitrogens with one attached hydrogen (secondary N) is 2. The average molecular weight is 494 g/mol. The lowest BCUT2D eigenvalue weighted by Crippen LogP contribution is -2.50. The fraction of sp³-hybridized carbons (Fsp3) is 0.333. The van der Waals surface area contributed by atoms with Gasteiger partial charge < -0.3 is 20.3 Å². The molecule has 0 saturated carbocycles. The number of amides is 2. The van der Waals surface area contributed by atoms with Gasteiger partial charge in [0.05, 0.1) is 17.7 Å². The third kappa shape index (κ3) is 6.56. The van der Waals surface area contributed by atoms with Crippen molar-refractivity contribution in [2.24, 2.45) is 0 Å². The lowest BCUT2D eigenvalue weighted by molar-refractivity contribution is 0.0525. The van der Waals surface area contributed by atoms with Gasteiger partial charge in [0.25, 0.3) is 0 Å². The zero-order valence-corrected chi connectivity index (χ0v) is 20.8. The monoisotopic (exact) mass is 493 g/mol. The number of halogens is 1. The molecule has 1 fully saturated rings. The number of nitrogens with zero attached hydrogens (tertiary/aromatic N) is 3. The third-order valence-corrected chi connectivity index (χ3v) is 5.82. The van der Waals surface area contributed by atoms with E-state index < -0.39 is 17.3 Å². The summed E-state index contributed by atoms with van der Waals surface area (Å²) in [6, 6.07) is 15.5. The molecule has 3 aromatic rings. The lowest BCUT2D eigenvalue weighted by atomic mass is 9.81. The van der Waals surface area contributed by atoms with Crippen molar-refractivity contribution < 1.29 is 18.7 Å². The zero-order chi connectivity index (χ0) is 26.0. The molecule has 4 rings (SSSR count). The maximum Gasteiger partial charge on any atom is 0.341 e. The number of urea groups is 1. The summed E-state index contributed by atoms with van der Waals surface area (Å²) in [6.45, 7) is 6.97. The second-order valence-electron chi connectivity index (χ2n) is 8.02. The van der Waals surface area contributed by atoms with E-state index in [4.69, 9.17) is 4.74 Å². The molecule has 2 N–H and O–H groups in total. The van der Waals surface area contributed by atoms with Crippen molar-refractivity contribution in [2.75, 3.05) is 30.3 Å². The topological polar surface area (TPSA) is 96.5 Å². The number of hydrogen-bond acceptors (Lipinski definition) is 6. The van der Waals surface area contributed by atoms with Gasteiger partial charge >= 0.3 is 12.0 Å². The van der Waals surface area contributed by atoms with Crippen LogP contribution in [0, 0.1) is 5.82 Å². The van der Waals surface area contributed by atoms with Crippen molar-refractivity contribution in [1.29, 1.82) is 0 Å². The molecule has 1 aliphatic rings. The molecule has 1 aromatic heterocycles. The van der Waals surface area contributed by atoms with Crippen molar-refractivity contribution >= 4 is 23.6 Å². The van der Waals surface area contributed by atoms with Crippen LogP contribution in [0.15, 0.2) is 67.0 Å². The van der Waals surface area contributed by atoms with Crippen molar-refractivity contribution in [1.82, 2.24) is 14.9 Å². The SMILES string of the molecule is CC.CCOC(=O)c1cnc(NC2(c3ccccc3)CCN(C(=O)Nc3cccc(F)c3)CC2)nc1. The molecule has 0 spiro atoms. The van der Waals surface area contributed by atoms with E-state index in [2.05, 4.69) is 20.6 Å². The van der Waals surface area contributed by atoms with E-state index in [1.54, 1.807) is 24.0 Å². The predicted octanol–water partition coefficient (Wildman–Crippen LogP) is 5.45. The molecule has 2 heterocycles. The van der Waals surface area contributed by atoms with Crippen molar-refractivity contribution in [3.05, 3.63) is 83.9 Å². The fourth-order valence-electron chi connectivity index (χ4n) is 4.03. The van der Waals surface area contributed by atoms with Crippen LogP contribution < -0.4 is 10.6 Å². The smallest absolute Gasteiger partial charge is 0.341 e. The Labute approximate surface area is 210 Å². The van der Waals surface area contributed by atoms with Gasteiger partial charge in [-0.15, -0.1) is 0 Å². The lowest BCUT2D eigenvalue weighted by Gasteiger charge is -2.42. The minimum absolute atomic E-state index is 0.276. The summed E-state index contributed by atoms with van der Waals surface area (Å²) in [4.78, 5) is 35.0. The second kappa shape index (κ2) is 12.6. The van der Waals surface area contributed by atoms with Gasteiger partial charge in [0.1, 0.15) is 5.82 Å². The fourth-order valence-corrected chi connectivity index (χ4v) is 4.03. The highest BCUT2D eigenvalue weighted by atomic mass is 19.1. The molecule has 0 unspecified atom stereocenters. The molecule has 2 aromatic carbocycles. The standard InChI is InChI=1S/C25H26FN5O3.C2H6/c1-2-34-22(32)18-16-27-23(28-17-18)30-25(19-7-4-3-5-8-19)11-13-31(14-12-25)24(33)29-21-10-6-9-20(26)15-21;1-2/h3-10,15-17H,2,11-14H2,1H3,(H,29,33)(H,27,28,30);1-2H3. The largest absolute Gasteiger partial charge is 0.462 e. The molecule has 1 aliphatic heterocycles. The number of esters is 1. The zero-order valence-electron chi connectivity index (χ0n) is 20.8. The van der Waals surface area contributed by atoms with E-state index in [9.17, 15) is 14.0 Å². The normalized spacial score (nSPS) is 14.2. The number of rotatable bonds is 6. The first kappa shape index (κ1) is 26.6. The maximum absolute atomic E-state index is 13.5. The van der Waals surface area contributed by atoms with E-state index in [0.29, 0.717) is 37.6 Å². The molecule has 1 saturated heterocycles. The Kier molecular flexibility index (Phi) is 9.32. The van der Waals surface area contributed by atoms with E-state index in [0.717, 1.165) is 5.56 Å². The molecule has 8 nitrogen and oxygen atoms in total. The molecular formula is C27H32FN5O3. The van der Waals surface area contributed by atoms with E-state index >= 15 is 0 Å². The van der Waals surface area contributed by atoms with Crippen LogP contribution in [0.5, 0.6) is 0 Å². The van der Waals surface area contributed by atoms with Crippen LogP contribution in [-0.2, 0) is 10.3 Å². The number of hydrogen-bond donors (Lipinski definition) is 2. The summed E-state index contributed by atoms with van der Waals surface area (Å²) in [5.74, 6) is -0.489. The Balaban J connectivity index is 0.00000176. The Hall–Kier alpha value is -4.01. The summed E-state index contributed by atoms with van der Waals surface area (Å²) >= 11 is 0. The minimum Gasteiger partial charge on any atom is -0.462 e. The van der Waals surface area contributed by atoms with E-state index in [-0.39, 0.29) is 18.2 Å². The Morgan fingerprint density at radius 3 is 2.31 bits per heavy atom. The highest BCUT2D eigenvalue weighted by Gasteiger charge is 2.38. The van der Waals surface area contributed by atoms with Gasteiger partial charge in [0.15, 0.2) is 0 Å². The number of aromatic nitrogens is 2. The maximum atomic E-state index is 13.5. The number of carbonyl (C=O) groups excluding carboxylic acids is 2. The molecule has 36 heavy (non-hydrogen) atoms. The van der Waals surface area contributed by atoms with Crippen LogP contribution in [0.3, 0.4) is 0 Å². The Morgan fingerprint density at radius 1 is 1.03 bits per heavy atom. The molecule has 2 amide bonds. The first-order chi connectivity index (χ1) is 17.5. The molecule has 0 bridgehead atoms. The minimum atomic E-state index is -0.498. The van der Waals surface area contributed by atoms with Gasteiger partial charge in [-0.2, -0.15) is 0 Å². The average Bonchev–Trinajstić information content (AvgIpc) is 2.91. The molecule has 0 atom stereocenters. The number of piperidine rings is 1. The van der Waals surface area contributed by atoms with E-state index in [1.807, 2.05) is 44.2 Å². The number of benzene rings is 2. The van der Waals surface area contributed by atoms with Crippen LogP contribution in [0.4, 0.5) is 20.8 Å². The predicted molar refractivity (Wildman–Crippen MR) is 137 cm³/mol. The number of ether oxygens (including phenoxy) is 1. The summed E-state index contributed by atoms with van der Waals surface area (Å²) in [5.41, 5.74) is 1.25. The molecule has 190 valence electrons. The van der Waals surface area contributed by atoms with Crippen LogP contribution >= 0.6 is 0 Å². The van der Waals surface area contributed by atoms with Crippen molar-refractivity contribution in [3.8, 4) is 0 Å². The van der Waals surface area contributed by atoms with Gasteiger partial charge in [-0.25, -0.2) is 23.9 Å². The first-order valence-corrected chi connectivity index (χ1v) is 12.1. The summed E-state index contributed by atoms with van der Waals surface area (Å²) in [7, 11) is 0. The quantitative estimate of drug-likeness (QED) is 0.443. The van der Waals surface area contributed by atoms with Crippen LogP contribution in [0.25, 0.3) is 0 Å². The first-order valence-electron chi connectivity index (χ1n) is 12.1. The Morgan fingerprint density at radius 2 is 1.69 bits per heavy atom. The summed E-state index contributed by atoms with van der Waals surface area (Å²) in [6.07, 6.45) is 4.09. The van der Waals surface area contributed by atoms with Gasteiger partial charge in [0.2, 0.25) is 5.95 Å². The third-order valence-electron chi connectivity index (χ3n) is 5.82. The molecule has 9 heteroatoms. The van der Waals surface area contributed by atoms with Crippen LogP contribution in [0.1, 0.15) is 49.5 Å². The van der Waals surface area contributed by atoms with Crippen LogP contribution in [-0.4, -0.2) is 46.6 Å². The van der Waals surface area contributed by atoms with Gasteiger partial charge in [-0.1, -0.05) is 50.2 Å². The highest BCUT2D eigenvalue weighted by Crippen LogP contribution is 2.36. The summed E-state index contributed by atoms with van der Waals surface area (Å²) < 4.78 is 18.4. The molecule has 0 aliphatic carbocycles. The number of anilines is 2. The van der Waals surface area contributed by atoms with Crippen LogP contribution in [0.2, 0.25) is 0 Å². The van der Waals surface area contributed by atoms with Gasteiger partial charge in [0, 0.05) is 31.2 Å². The summed E-state index contributed by atoms with van der Waals surface area (Å²) in [5, 5.41) is 6.20. The van der Waals surface area contributed by atoms with E-state index in [1.165, 1.54) is 24.5 Å². The van der Waals surface area contributed by atoms with Gasteiger partial charge in [-0.05, 0) is 43.5 Å². The van der Waals surface area contributed by atoms with Crippen molar-refractivity contribution in [3.63, 3.8) is 0 Å². The molecular weight excluding hydrogens is 461 g/mol.